The van der Waals surface area contributed by atoms with Crippen LogP contribution in [0.3, 0.4) is 0 Å². The van der Waals surface area contributed by atoms with E-state index in [0.29, 0.717) is 0 Å². The van der Waals surface area contributed by atoms with Gasteiger partial charge in [0, 0.05) is 18.6 Å². The molecule has 3 heteroatoms. The van der Waals surface area contributed by atoms with Gasteiger partial charge in [0.25, 0.3) is 0 Å². The maximum Gasteiger partial charge on any atom is 0.0558 e. The van der Waals surface area contributed by atoms with E-state index < -0.39 is 0 Å². The summed E-state index contributed by atoms with van der Waals surface area (Å²) < 4.78 is 0. The molecule has 3 N–H and O–H groups in total. The Morgan fingerprint density at radius 3 is 2.20 bits per heavy atom. The Morgan fingerprint density at radius 1 is 1.20 bits per heavy atom. The molecule has 0 atom stereocenters. The summed E-state index contributed by atoms with van der Waals surface area (Å²) in [5.41, 5.74) is 6.17. The number of likely N-dealkylation sites (N-methyl/N-ethyl adjacent to an activating group) is 1. The van der Waals surface area contributed by atoms with Crippen LogP contribution in [0, 0.1) is 0 Å². The number of rotatable bonds is 5. The minimum absolute atomic E-state index is 0.175. The lowest BCUT2D eigenvalue weighted by Gasteiger charge is -2.42. The molecule has 0 aromatic rings. The summed E-state index contributed by atoms with van der Waals surface area (Å²) in [5, 5.41) is 9.10. The number of nitrogens with zero attached hydrogens (tertiary/aromatic N) is 1. The Hall–Kier alpha value is -0.120. The molecule has 1 fully saturated rings. The van der Waals surface area contributed by atoms with Gasteiger partial charge < -0.3 is 10.8 Å². The van der Waals surface area contributed by atoms with E-state index in [9.17, 15) is 0 Å². The van der Waals surface area contributed by atoms with Crippen molar-refractivity contribution >= 4 is 0 Å². The van der Waals surface area contributed by atoms with Crippen molar-refractivity contribution in [3.63, 3.8) is 0 Å². The average Bonchev–Trinajstić information content (AvgIpc) is 2.52. The minimum Gasteiger partial charge on any atom is -0.395 e. The third kappa shape index (κ3) is 3.16. The molecule has 1 aliphatic carbocycles. The van der Waals surface area contributed by atoms with Crippen LogP contribution in [0.15, 0.2) is 0 Å². The standard InChI is InChI=1S/C12H26N2O/c1-2-14(9-10-15)12(11-13)7-5-3-4-6-8-12/h15H,2-11,13H2,1H3. The van der Waals surface area contributed by atoms with E-state index in [1.54, 1.807) is 0 Å². The topological polar surface area (TPSA) is 49.5 Å². The fourth-order valence-electron chi connectivity index (χ4n) is 2.89. The molecule has 90 valence electrons. The molecule has 0 spiro atoms. The monoisotopic (exact) mass is 214 g/mol. The molecule has 0 heterocycles. The lowest BCUT2D eigenvalue weighted by Crippen LogP contribution is -2.54. The second-order valence-electron chi connectivity index (χ2n) is 4.65. The van der Waals surface area contributed by atoms with E-state index in [0.717, 1.165) is 19.6 Å². The van der Waals surface area contributed by atoms with Gasteiger partial charge in [-0.3, -0.25) is 4.90 Å². The highest BCUT2D eigenvalue weighted by Crippen LogP contribution is 2.31. The van der Waals surface area contributed by atoms with E-state index in [1.807, 2.05) is 0 Å². The number of aliphatic hydroxyl groups excluding tert-OH is 1. The molecule has 1 rings (SSSR count). The van der Waals surface area contributed by atoms with Crippen molar-refractivity contribution in [3.8, 4) is 0 Å². The SMILES string of the molecule is CCN(CCO)C1(CN)CCCCCC1. The summed E-state index contributed by atoms with van der Waals surface area (Å²) in [6.45, 7) is 4.92. The largest absolute Gasteiger partial charge is 0.395 e. The minimum atomic E-state index is 0.175. The zero-order chi connectivity index (χ0) is 11.1. The Morgan fingerprint density at radius 2 is 1.80 bits per heavy atom. The predicted molar refractivity (Wildman–Crippen MR) is 63.8 cm³/mol. The Balaban J connectivity index is 2.69. The van der Waals surface area contributed by atoms with Crippen LogP contribution < -0.4 is 5.73 Å². The van der Waals surface area contributed by atoms with Crippen molar-refractivity contribution in [1.82, 2.24) is 4.90 Å². The Labute approximate surface area is 93.6 Å². The highest BCUT2D eigenvalue weighted by atomic mass is 16.3. The molecule has 0 amide bonds. The summed E-state index contributed by atoms with van der Waals surface area (Å²) in [7, 11) is 0. The third-order valence-electron chi connectivity index (χ3n) is 3.84. The zero-order valence-electron chi connectivity index (χ0n) is 10.0. The van der Waals surface area contributed by atoms with Crippen molar-refractivity contribution in [3.05, 3.63) is 0 Å². The van der Waals surface area contributed by atoms with Crippen LogP contribution in [0.1, 0.15) is 45.4 Å². The maximum atomic E-state index is 9.10. The molecular weight excluding hydrogens is 188 g/mol. The molecule has 0 bridgehead atoms. The van der Waals surface area contributed by atoms with E-state index in [2.05, 4.69) is 11.8 Å². The van der Waals surface area contributed by atoms with Gasteiger partial charge in [0.2, 0.25) is 0 Å². The molecule has 0 saturated heterocycles. The van der Waals surface area contributed by atoms with E-state index >= 15 is 0 Å². The predicted octanol–water partition coefficient (Wildman–Crippen LogP) is 1.35. The van der Waals surface area contributed by atoms with Gasteiger partial charge in [-0.2, -0.15) is 0 Å². The molecule has 0 unspecified atom stereocenters. The van der Waals surface area contributed by atoms with Crippen molar-refractivity contribution in [2.24, 2.45) is 5.73 Å². The van der Waals surface area contributed by atoms with Gasteiger partial charge in [0.05, 0.1) is 6.61 Å². The van der Waals surface area contributed by atoms with Crippen LogP contribution in [0.5, 0.6) is 0 Å². The first kappa shape index (κ1) is 12.9. The summed E-state index contributed by atoms with van der Waals surface area (Å²) >= 11 is 0. The van der Waals surface area contributed by atoms with Gasteiger partial charge in [-0.25, -0.2) is 0 Å². The second-order valence-corrected chi connectivity index (χ2v) is 4.65. The van der Waals surface area contributed by atoms with Gasteiger partial charge in [-0.05, 0) is 19.4 Å². The molecular formula is C12H26N2O. The van der Waals surface area contributed by atoms with Gasteiger partial charge in [0.1, 0.15) is 0 Å². The number of aliphatic hydroxyl groups is 1. The Bertz CT molecular complexity index is 165. The smallest absolute Gasteiger partial charge is 0.0558 e. The first-order chi connectivity index (χ1) is 7.29. The van der Waals surface area contributed by atoms with Gasteiger partial charge in [-0.15, -0.1) is 0 Å². The van der Waals surface area contributed by atoms with E-state index in [4.69, 9.17) is 10.8 Å². The lowest BCUT2D eigenvalue weighted by atomic mass is 9.88. The van der Waals surface area contributed by atoms with Crippen LogP contribution in [0.2, 0.25) is 0 Å². The fraction of sp³-hybridized carbons (Fsp3) is 1.00. The summed E-state index contributed by atoms with van der Waals surface area (Å²) in [4.78, 5) is 2.39. The molecule has 0 aromatic heterocycles. The Kier molecular flexibility index (Phi) is 5.58. The average molecular weight is 214 g/mol. The van der Waals surface area contributed by atoms with Crippen LogP contribution in [-0.2, 0) is 0 Å². The molecule has 1 aliphatic rings. The zero-order valence-corrected chi connectivity index (χ0v) is 10.0. The second kappa shape index (κ2) is 6.46. The number of nitrogens with two attached hydrogens (primary N) is 1. The molecule has 0 radical (unpaired) electrons. The first-order valence-electron chi connectivity index (χ1n) is 6.35. The summed E-state index contributed by atoms with van der Waals surface area (Å²) in [6, 6.07) is 0. The van der Waals surface area contributed by atoms with E-state index in [1.165, 1.54) is 38.5 Å². The number of β-amino-alcohol motifs (C(OH)–C–C–N with tert-alkyl or cyclic N) is 1. The lowest BCUT2D eigenvalue weighted by molar-refractivity contribution is 0.0642. The van der Waals surface area contributed by atoms with Gasteiger partial charge >= 0.3 is 0 Å². The number of hydrogen-bond donors (Lipinski definition) is 2. The third-order valence-corrected chi connectivity index (χ3v) is 3.84. The highest BCUT2D eigenvalue weighted by molar-refractivity contribution is 4.92. The van der Waals surface area contributed by atoms with Crippen LogP contribution in [0.25, 0.3) is 0 Å². The van der Waals surface area contributed by atoms with Crippen molar-refractivity contribution in [2.75, 3.05) is 26.2 Å². The first-order valence-corrected chi connectivity index (χ1v) is 6.35. The maximum absolute atomic E-state index is 9.10. The molecule has 0 aliphatic heterocycles. The molecule has 1 saturated carbocycles. The fourth-order valence-corrected chi connectivity index (χ4v) is 2.89. The molecule has 0 aromatic carbocycles. The highest BCUT2D eigenvalue weighted by Gasteiger charge is 2.34. The van der Waals surface area contributed by atoms with Crippen LogP contribution >= 0.6 is 0 Å². The quantitative estimate of drug-likeness (QED) is 0.679. The molecule has 15 heavy (non-hydrogen) atoms. The van der Waals surface area contributed by atoms with Crippen LogP contribution in [0.4, 0.5) is 0 Å². The van der Waals surface area contributed by atoms with Gasteiger partial charge in [-0.1, -0.05) is 32.6 Å². The van der Waals surface area contributed by atoms with Crippen molar-refractivity contribution in [1.29, 1.82) is 0 Å². The van der Waals surface area contributed by atoms with Crippen LogP contribution in [-0.4, -0.2) is 41.8 Å². The molecule has 3 nitrogen and oxygen atoms in total. The van der Waals surface area contributed by atoms with Crippen molar-refractivity contribution < 1.29 is 5.11 Å². The van der Waals surface area contributed by atoms with Gasteiger partial charge in [0.15, 0.2) is 0 Å². The summed E-state index contributed by atoms with van der Waals surface area (Å²) in [6.07, 6.45) is 7.68. The van der Waals surface area contributed by atoms with E-state index in [-0.39, 0.29) is 12.1 Å². The number of hydrogen-bond acceptors (Lipinski definition) is 3. The normalized spacial score (nSPS) is 21.6. The summed E-state index contributed by atoms with van der Waals surface area (Å²) in [5.74, 6) is 0. The van der Waals surface area contributed by atoms with Crippen molar-refractivity contribution in [2.45, 2.75) is 51.0 Å².